The van der Waals surface area contributed by atoms with E-state index in [-0.39, 0.29) is 0 Å². The van der Waals surface area contributed by atoms with Crippen molar-refractivity contribution in [1.29, 1.82) is 0 Å². The maximum atomic E-state index is 4.25. The molecule has 0 amide bonds. The van der Waals surface area contributed by atoms with Gasteiger partial charge in [0.1, 0.15) is 12.7 Å². The molecule has 1 aromatic heterocycles. The average Bonchev–Trinajstić information content (AvgIpc) is 3.12. The number of unbranched alkanes of at least 4 members (excludes halogenated alkanes) is 1. The zero-order valence-electron chi connectivity index (χ0n) is 13.7. The average molecular weight is 332 g/mol. The zero-order chi connectivity index (χ0) is 16.3. The maximum absolute atomic E-state index is 4.25. The van der Waals surface area contributed by atoms with Gasteiger partial charge in [0.25, 0.3) is 0 Å². The molecule has 1 aromatic carbocycles. The van der Waals surface area contributed by atoms with Crippen LogP contribution in [0, 0.1) is 0 Å². The predicted molar refractivity (Wildman–Crippen MR) is 97.2 cm³/mol. The first-order valence-electron chi connectivity index (χ1n) is 7.71. The van der Waals surface area contributed by atoms with E-state index in [0.717, 1.165) is 31.2 Å². The van der Waals surface area contributed by atoms with Crippen LogP contribution in [0.2, 0.25) is 0 Å². The molecule has 0 aliphatic carbocycles. The quantitative estimate of drug-likeness (QED) is 0.440. The minimum Gasteiger partial charge on any atom is -0.356 e. The number of aliphatic imine (C=N–C) groups is 1. The fourth-order valence-electron chi connectivity index (χ4n) is 2.09. The molecule has 7 heteroatoms. The van der Waals surface area contributed by atoms with Crippen LogP contribution in [-0.4, -0.2) is 46.3 Å². The van der Waals surface area contributed by atoms with Gasteiger partial charge in [-0.15, -0.1) is 0 Å². The molecule has 1 heterocycles. The van der Waals surface area contributed by atoms with Gasteiger partial charge >= 0.3 is 0 Å². The minimum atomic E-state index is 0.738. The number of nitrogens with one attached hydrogen (secondary N) is 2. The summed E-state index contributed by atoms with van der Waals surface area (Å²) in [6.07, 6.45) is 7.76. The largest absolute Gasteiger partial charge is 0.356 e. The molecule has 0 radical (unpaired) electrons. The van der Waals surface area contributed by atoms with Crippen molar-refractivity contribution in [2.24, 2.45) is 4.99 Å². The number of rotatable bonds is 8. The lowest BCUT2D eigenvalue weighted by Crippen LogP contribution is -2.37. The van der Waals surface area contributed by atoms with E-state index < -0.39 is 0 Å². The lowest BCUT2D eigenvalue weighted by atomic mass is 10.2. The van der Waals surface area contributed by atoms with Crippen molar-refractivity contribution in [1.82, 2.24) is 25.4 Å². The Bertz CT molecular complexity index is 579. The van der Waals surface area contributed by atoms with Crippen molar-refractivity contribution in [2.75, 3.05) is 25.6 Å². The minimum absolute atomic E-state index is 0.738. The number of benzene rings is 1. The van der Waals surface area contributed by atoms with Crippen LogP contribution in [0.5, 0.6) is 0 Å². The van der Waals surface area contributed by atoms with E-state index in [1.165, 1.54) is 24.1 Å². The van der Waals surface area contributed by atoms with Crippen LogP contribution in [0.3, 0.4) is 0 Å². The highest BCUT2D eigenvalue weighted by molar-refractivity contribution is 7.98. The molecule has 23 heavy (non-hydrogen) atoms. The fourth-order valence-corrected chi connectivity index (χ4v) is 2.59. The Balaban J connectivity index is 1.75. The molecule has 124 valence electrons. The van der Waals surface area contributed by atoms with Gasteiger partial charge in [-0.1, -0.05) is 12.1 Å². The SMILES string of the molecule is CN=C(NCCCCSC)NCc1ccc(-n2cncn2)cc1. The van der Waals surface area contributed by atoms with Crippen LogP contribution < -0.4 is 10.6 Å². The molecule has 0 unspecified atom stereocenters. The van der Waals surface area contributed by atoms with Crippen molar-refractivity contribution in [3.63, 3.8) is 0 Å². The number of hydrogen-bond acceptors (Lipinski definition) is 4. The molecule has 6 nitrogen and oxygen atoms in total. The monoisotopic (exact) mass is 332 g/mol. The van der Waals surface area contributed by atoms with E-state index in [9.17, 15) is 0 Å². The highest BCUT2D eigenvalue weighted by Crippen LogP contribution is 2.07. The summed E-state index contributed by atoms with van der Waals surface area (Å²) in [6.45, 7) is 1.69. The van der Waals surface area contributed by atoms with Gasteiger partial charge in [0.15, 0.2) is 5.96 Å². The van der Waals surface area contributed by atoms with Crippen LogP contribution in [-0.2, 0) is 6.54 Å². The molecule has 2 rings (SSSR count). The highest BCUT2D eigenvalue weighted by atomic mass is 32.2. The van der Waals surface area contributed by atoms with E-state index >= 15 is 0 Å². The standard InChI is InChI=1S/C16H24N6S/c1-17-16(19-9-3-4-10-23-2)20-11-14-5-7-15(8-6-14)22-13-18-12-21-22/h5-8,12-13H,3-4,9-11H2,1-2H3,(H2,17,19,20). The smallest absolute Gasteiger partial charge is 0.191 e. The molecule has 0 aliphatic heterocycles. The molecule has 0 bridgehead atoms. The third kappa shape index (κ3) is 5.94. The molecule has 0 atom stereocenters. The van der Waals surface area contributed by atoms with Gasteiger partial charge in [-0.3, -0.25) is 4.99 Å². The van der Waals surface area contributed by atoms with Gasteiger partial charge in [-0.05, 0) is 42.5 Å². The number of thioether (sulfide) groups is 1. The van der Waals surface area contributed by atoms with Crippen LogP contribution in [0.4, 0.5) is 0 Å². The van der Waals surface area contributed by atoms with Crippen molar-refractivity contribution >= 4 is 17.7 Å². The number of nitrogens with zero attached hydrogens (tertiary/aromatic N) is 4. The zero-order valence-corrected chi connectivity index (χ0v) is 14.5. The summed E-state index contributed by atoms with van der Waals surface area (Å²) < 4.78 is 1.74. The van der Waals surface area contributed by atoms with Gasteiger partial charge in [-0.25, -0.2) is 9.67 Å². The van der Waals surface area contributed by atoms with Gasteiger partial charge in [-0.2, -0.15) is 16.9 Å². The Morgan fingerprint density at radius 2 is 2.04 bits per heavy atom. The predicted octanol–water partition coefficient (Wildman–Crippen LogP) is 2.08. The molecular formula is C16H24N6S. The summed E-state index contributed by atoms with van der Waals surface area (Å²) in [4.78, 5) is 8.20. The fraction of sp³-hybridized carbons (Fsp3) is 0.438. The van der Waals surface area contributed by atoms with Crippen molar-refractivity contribution in [3.8, 4) is 5.69 Å². The summed E-state index contributed by atoms with van der Waals surface area (Å²) in [6, 6.07) is 8.22. The summed E-state index contributed by atoms with van der Waals surface area (Å²) >= 11 is 1.89. The van der Waals surface area contributed by atoms with Crippen molar-refractivity contribution < 1.29 is 0 Å². The molecule has 0 fully saturated rings. The molecule has 0 spiro atoms. The number of guanidine groups is 1. The lowest BCUT2D eigenvalue weighted by Gasteiger charge is -2.12. The third-order valence-electron chi connectivity index (χ3n) is 3.37. The Kier molecular flexibility index (Phi) is 7.45. The maximum Gasteiger partial charge on any atom is 0.191 e. The van der Waals surface area contributed by atoms with Gasteiger partial charge in [0, 0.05) is 20.1 Å². The topological polar surface area (TPSA) is 67.1 Å². The normalized spacial score (nSPS) is 11.5. The van der Waals surface area contributed by atoms with E-state index in [2.05, 4.69) is 44.1 Å². The summed E-state index contributed by atoms with van der Waals surface area (Å²) in [5, 5.41) is 10.8. The van der Waals surface area contributed by atoms with Gasteiger partial charge < -0.3 is 10.6 Å². The Hall–Kier alpha value is -2.02. The van der Waals surface area contributed by atoms with E-state index in [4.69, 9.17) is 0 Å². The number of aromatic nitrogens is 3. The molecule has 0 aliphatic rings. The lowest BCUT2D eigenvalue weighted by molar-refractivity contribution is 0.733. The first-order valence-corrected chi connectivity index (χ1v) is 9.10. The first-order chi connectivity index (χ1) is 11.3. The highest BCUT2D eigenvalue weighted by Gasteiger charge is 2.00. The van der Waals surface area contributed by atoms with E-state index in [1.807, 2.05) is 23.9 Å². The summed E-state index contributed by atoms with van der Waals surface area (Å²) in [7, 11) is 1.80. The summed E-state index contributed by atoms with van der Waals surface area (Å²) in [5.41, 5.74) is 2.20. The van der Waals surface area contributed by atoms with Gasteiger partial charge in [0.2, 0.25) is 0 Å². The van der Waals surface area contributed by atoms with Crippen molar-refractivity contribution in [3.05, 3.63) is 42.5 Å². The molecule has 2 aromatic rings. The van der Waals surface area contributed by atoms with Crippen LogP contribution in [0.15, 0.2) is 41.9 Å². The second-order valence-corrected chi connectivity index (χ2v) is 6.04. The second-order valence-electron chi connectivity index (χ2n) is 5.06. The second kappa shape index (κ2) is 9.89. The van der Waals surface area contributed by atoms with Crippen LogP contribution >= 0.6 is 11.8 Å². The molecule has 2 N–H and O–H groups in total. The molecule has 0 saturated heterocycles. The van der Waals surface area contributed by atoms with Crippen molar-refractivity contribution in [2.45, 2.75) is 19.4 Å². The Morgan fingerprint density at radius 3 is 2.70 bits per heavy atom. The summed E-state index contributed by atoms with van der Waals surface area (Å²) in [5.74, 6) is 2.06. The van der Waals surface area contributed by atoms with E-state index in [0.29, 0.717) is 0 Å². The van der Waals surface area contributed by atoms with Crippen LogP contribution in [0.25, 0.3) is 5.69 Å². The number of hydrogen-bond donors (Lipinski definition) is 2. The van der Waals surface area contributed by atoms with Gasteiger partial charge in [0.05, 0.1) is 5.69 Å². The molecule has 0 saturated carbocycles. The molecular weight excluding hydrogens is 308 g/mol. The Morgan fingerprint density at radius 1 is 1.22 bits per heavy atom. The Labute approximate surface area is 141 Å². The van der Waals surface area contributed by atoms with Crippen LogP contribution in [0.1, 0.15) is 18.4 Å². The van der Waals surface area contributed by atoms with E-state index in [1.54, 1.807) is 18.1 Å². The third-order valence-corrected chi connectivity index (χ3v) is 4.07. The first kappa shape index (κ1) is 17.3.